The smallest absolute Gasteiger partial charge is 0.342 e. The van der Waals surface area contributed by atoms with E-state index in [1.165, 1.54) is 7.11 Å². The topological polar surface area (TPSA) is 55.8 Å². The average molecular weight is 224 g/mol. The van der Waals surface area contributed by atoms with E-state index in [2.05, 4.69) is 0 Å². The Labute approximate surface area is 94.8 Å². The fourth-order valence-corrected chi connectivity index (χ4v) is 1.56. The van der Waals surface area contributed by atoms with Gasteiger partial charge in [-0.25, -0.2) is 4.79 Å². The monoisotopic (exact) mass is 224 g/mol. The van der Waals surface area contributed by atoms with Gasteiger partial charge in [0.2, 0.25) is 0 Å². The number of carbonyl (C=O) groups excluding carboxylic acids is 1. The van der Waals surface area contributed by atoms with Gasteiger partial charge >= 0.3 is 5.97 Å². The first-order chi connectivity index (χ1) is 7.60. The Balaban J connectivity index is 3.06. The standard InChI is InChI=1S/C12H16O4/c1-8-6-9(2)11(10(7-8)15-3)12(14)16-5-4-13/h6-7,13H,4-5H2,1-3H3. The van der Waals surface area contributed by atoms with Crippen molar-refractivity contribution in [3.8, 4) is 5.75 Å². The highest BCUT2D eigenvalue weighted by atomic mass is 16.5. The number of aryl methyl sites for hydroxylation is 2. The maximum Gasteiger partial charge on any atom is 0.342 e. The van der Waals surface area contributed by atoms with Crippen LogP contribution < -0.4 is 4.74 Å². The van der Waals surface area contributed by atoms with Crippen LogP contribution in [0.4, 0.5) is 0 Å². The number of methoxy groups -OCH3 is 1. The molecule has 0 aromatic heterocycles. The molecule has 1 aromatic rings. The predicted octanol–water partition coefficient (Wildman–Crippen LogP) is 1.46. The minimum Gasteiger partial charge on any atom is -0.496 e. The molecule has 0 saturated heterocycles. The van der Waals surface area contributed by atoms with Crippen molar-refractivity contribution in [1.29, 1.82) is 0 Å². The lowest BCUT2D eigenvalue weighted by atomic mass is 10.0. The van der Waals surface area contributed by atoms with Crippen molar-refractivity contribution in [2.24, 2.45) is 0 Å². The highest BCUT2D eigenvalue weighted by Gasteiger charge is 2.17. The molecule has 0 aliphatic carbocycles. The van der Waals surface area contributed by atoms with E-state index >= 15 is 0 Å². The summed E-state index contributed by atoms with van der Waals surface area (Å²) in [7, 11) is 1.51. The van der Waals surface area contributed by atoms with Gasteiger partial charge in [-0.3, -0.25) is 0 Å². The van der Waals surface area contributed by atoms with Crippen LogP contribution in [0.25, 0.3) is 0 Å². The first-order valence-corrected chi connectivity index (χ1v) is 5.03. The lowest BCUT2D eigenvalue weighted by molar-refractivity contribution is 0.0429. The minimum atomic E-state index is -0.469. The molecule has 1 aromatic carbocycles. The number of aliphatic hydroxyl groups is 1. The number of carbonyl (C=O) groups is 1. The summed E-state index contributed by atoms with van der Waals surface area (Å²) in [6, 6.07) is 3.67. The number of benzene rings is 1. The third-order valence-electron chi connectivity index (χ3n) is 2.19. The molecule has 1 N–H and O–H groups in total. The first-order valence-electron chi connectivity index (χ1n) is 5.03. The van der Waals surface area contributed by atoms with Gasteiger partial charge < -0.3 is 14.6 Å². The molecule has 88 valence electrons. The highest BCUT2D eigenvalue weighted by Crippen LogP contribution is 2.24. The molecule has 0 fully saturated rings. The Bertz CT molecular complexity index is 385. The molecule has 0 bridgehead atoms. The predicted molar refractivity (Wildman–Crippen MR) is 59.8 cm³/mol. The van der Waals surface area contributed by atoms with Crippen LogP contribution in [0.3, 0.4) is 0 Å². The second kappa shape index (κ2) is 5.51. The van der Waals surface area contributed by atoms with Gasteiger partial charge in [-0.05, 0) is 31.0 Å². The zero-order valence-corrected chi connectivity index (χ0v) is 9.74. The minimum absolute atomic E-state index is 0.00466. The molecule has 0 saturated carbocycles. The van der Waals surface area contributed by atoms with Crippen molar-refractivity contribution in [2.45, 2.75) is 13.8 Å². The van der Waals surface area contributed by atoms with E-state index in [0.29, 0.717) is 11.3 Å². The second-order valence-corrected chi connectivity index (χ2v) is 3.52. The third-order valence-corrected chi connectivity index (χ3v) is 2.19. The summed E-state index contributed by atoms with van der Waals surface area (Å²) in [5, 5.41) is 8.59. The lowest BCUT2D eigenvalue weighted by Crippen LogP contribution is -2.12. The van der Waals surface area contributed by atoms with Gasteiger partial charge in [0, 0.05) is 0 Å². The Hall–Kier alpha value is -1.55. The van der Waals surface area contributed by atoms with Gasteiger partial charge in [0.25, 0.3) is 0 Å². The van der Waals surface area contributed by atoms with E-state index in [1.807, 2.05) is 19.9 Å². The molecule has 0 atom stereocenters. The van der Waals surface area contributed by atoms with E-state index in [9.17, 15) is 4.79 Å². The largest absolute Gasteiger partial charge is 0.496 e. The van der Waals surface area contributed by atoms with E-state index in [1.54, 1.807) is 6.07 Å². The molecule has 4 nitrogen and oxygen atoms in total. The summed E-state index contributed by atoms with van der Waals surface area (Å²) >= 11 is 0. The van der Waals surface area contributed by atoms with Crippen LogP contribution >= 0.6 is 0 Å². The van der Waals surface area contributed by atoms with Crippen LogP contribution in [0, 0.1) is 13.8 Å². The molecule has 4 heteroatoms. The molecule has 1 rings (SSSR count). The van der Waals surface area contributed by atoms with Crippen LogP contribution in [0.2, 0.25) is 0 Å². The number of ether oxygens (including phenoxy) is 2. The van der Waals surface area contributed by atoms with Gasteiger partial charge in [0.1, 0.15) is 17.9 Å². The highest BCUT2D eigenvalue weighted by molar-refractivity contribution is 5.94. The quantitative estimate of drug-likeness (QED) is 0.787. The Morgan fingerprint density at radius 2 is 2.06 bits per heavy atom. The summed E-state index contributed by atoms with van der Waals surface area (Å²) in [4.78, 5) is 11.7. The fraction of sp³-hybridized carbons (Fsp3) is 0.417. The van der Waals surface area contributed by atoms with E-state index in [-0.39, 0.29) is 13.2 Å². The SMILES string of the molecule is COc1cc(C)cc(C)c1C(=O)OCCO. The number of hydrogen-bond donors (Lipinski definition) is 1. The maximum absolute atomic E-state index is 11.7. The second-order valence-electron chi connectivity index (χ2n) is 3.52. The van der Waals surface area contributed by atoms with Crippen molar-refractivity contribution in [2.75, 3.05) is 20.3 Å². The van der Waals surface area contributed by atoms with Crippen LogP contribution in [-0.2, 0) is 4.74 Å². The molecule has 0 spiro atoms. The number of hydrogen-bond acceptors (Lipinski definition) is 4. The van der Waals surface area contributed by atoms with Crippen LogP contribution in [0.5, 0.6) is 5.75 Å². The van der Waals surface area contributed by atoms with Crippen molar-refractivity contribution < 1.29 is 19.4 Å². The molecular formula is C12H16O4. The van der Waals surface area contributed by atoms with E-state index in [4.69, 9.17) is 14.6 Å². The zero-order chi connectivity index (χ0) is 12.1. The normalized spacial score (nSPS) is 10.0. The van der Waals surface area contributed by atoms with Crippen LogP contribution in [-0.4, -0.2) is 31.4 Å². The zero-order valence-electron chi connectivity index (χ0n) is 9.74. The van der Waals surface area contributed by atoms with Gasteiger partial charge in [0.05, 0.1) is 13.7 Å². The van der Waals surface area contributed by atoms with Crippen molar-refractivity contribution >= 4 is 5.97 Å². The molecule has 0 aliphatic heterocycles. The molecule has 0 amide bonds. The molecular weight excluding hydrogens is 208 g/mol. The van der Waals surface area contributed by atoms with Crippen molar-refractivity contribution in [3.63, 3.8) is 0 Å². The lowest BCUT2D eigenvalue weighted by Gasteiger charge is -2.11. The van der Waals surface area contributed by atoms with Crippen molar-refractivity contribution in [3.05, 3.63) is 28.8 Å². The van der Waals surface area contributed by atoms with Gasteiger partial charge in [-0.2, -0.15) is 0 Å². The first kappa shape index (κ1) is 12.5. The molecule has 0 unspecified atom stereocenters. The fourth-order valence-electron chi connectivity index (χ4n) is 1.56. The third kappa shape index (κ3) is 2.73. The summed E-state index contributed by atoms with van der Waals surface area (Å²) in [5.41, 5.74) is 2.24. The van der Waals surface area contributed by atoms with E-state index in [0.717, 1.165) is 11.1 Å². The summed E-state index contributed by atoms with van der Waals surface area (Å²) in [6.07, 6.45) is 0. The van der Waals surface area contributed by atoms with E-state index < -0.39 is 5.97 Å². The number of aliphatic hydroxyl groups excluding tert-OH is 1. The number of esters is 1. The molecule has 0 heterocycles. The van der Waals surface area contributed by atoms with Gasteiger partial charge in [0.15, 0.2) is 0 Å². The van der Waals surface area contributed by atoms with Crippen LogP contribution in [0.15, 0.2) is 12.1 Å². The average Bonchev–Trinajstić information content (AvgIpc) is 2.24. The summed E-state index contributed by atoms with van der Waals surface area (Å²) in [6.45, 7) is 3.57. The summed E-state index contributed by atoms with van der Waals surface area (Å²) in [5.74, 6) is 0.0313. The van der Waals surface area contributed by atoms with Crippen molar-refractivity contribution in [1.82, 2.24) is 0 Å². The van der Waals surface area contributed by atoms with Gasteiger partial charge in [-0.1, -0.05) is 6.07 Å². The Morgan fingerprint density at radius 1 is 1.38 bits per heavy atom. The van der Waals surface area contributed by atoms with Gasteiger partial charge in [-0.15, -0.1) is 0 Å². The van der Waals surface area contributed by atoms with Crippen LogP contribution in [0.1, 0.15) is 21.5 Å². The summed E-state index contributed by atoms with van der Waals surface area (Å²) < 4.78 is 10.0. The molecule has 0 aliphatic rings. The Morgan fingerprint density at radius 3 is 2.62 bits per heavy atom. The Kier molecular flexibility index (Phi) is 4.31. The molecule has 0 radical (unpaired) electrons. The number of rotatable bonds is 4. The maximum atomic E-state index is 11.7. The molecule has 16 heavy (non-hydrogen) atoms.